The van der Waals surface area contributed by atoms with Gasteiger partial charge < -0.3 is 9.20 Å². The molecule has 1 N–H and O–H groups in total. The first-order valence-electron chi connectivity index (χ1n) is 5.30. The Hall–Kier alpha value is 0.335. The molecule has 0 aromatic rings. The minimum absolute atomic E-state index is 0.189. The first-order valence-corrected chi connectivity index (χ1v) is 8.84. The zero-order chi connectivity index (χ0) is 9.68. The van der Waals surface area contributed by atoms with Crippen LogP contribution in [0.25, 0.3) is 0 Å². The van der Waals surface area contributed by atoms with Gasteiger partial charge in [0.15, 0.2) is 0 Å². The van der Waals surface area contributed by atoms with Gasteiger partial charge in [-0.05, 0) is 18.8 Å². The zero-order valence-corrected chi connectivity index (χ0v) is 12.1. The molecule has 3 nitrogen and oxygen atoms in total. The van der Waals surface area contributed by atoms with Crippen molar-refractivity contribution >= 4 is 37.8 Å². The first kappa shape index (κ1) is 11.4. The molecule has 0 saturated carbocycles. The summed E-state index contributed by atoms with van der Waals surface area (Å²) in [4.78, 5) is 13.5. The molecule has 1 aliphatic heterocycles. The standard InChI is InChI=1S/C7H13N2O.CH3.2Al.3H/c1-6-3-2-4-9(5-6)7(8)10;;;;;;/h6H,1-5H2,(H2,8,10);1H3;;;;;/q;;;+1;;;/p-1. The van der Waals surface area contributed by atoms with Crippen LogP contribution in [-0.4, -0.2) is 55.8 Å². The number of likely N-dealkylation sites (tertiary alicyclic amines) is 1. The van der Waals surface area contributed by atoms with E-state index in [1.54, 1.807) is 0 Å². The average Bonchev–Trinajstić information content (AvgIpc) is 2.18. The van der Waals surface area contributed by atoms with Gasteiger partial charge in [0, 0.05) is 13.1 Å². The van der Waals surface area contributed by atoms with E-state index in [2.05, 4.69) is 10.1 Å². The SMILES string of the molecule is [CH3][AlH][NH]C(=O)N1CCCC([CH2][AlH2])C1. The van der Waals surface area contributed by atoms with E-state index in [9.17, 15) is 4.79 Å². The van der Waals surface area contributed by atoms with Crippen LogP contribution in [-0.2, 0) is 0 Å². The van der Waals surface area contributed by atoms with Crippen LogP contribution in [0.5, 0.6) is 0 Å². The largest absolute Gasteiger partial charge is 0.432 e. The van der Waals surface area contributed by atoms with Gasteiger partial charge in [0.1, 0.15) is 0 Å². The van der Waals surface area contributed by atoms with Gasteiger partial charge in [-0.3, -0.25) is 4.79 Å². The summed E-state index contributed by atoms with van der Waals surface area (Å²) in [6.07, 6.45) is 2.53. The van der Waals surface area contributed by atoms with Crippen molar-refractivity contribution in [2.75, 3.05) is 13.1 Å². The van der Waals surface area contributed by atoms with E-state index in [0.29, 0.717) is 0 Å². The molecule has 0 aliphatic carbocycles. The lowest BCUT2D eigenvalue weighted by atomic mass is 10.0. The third-order valence-corrected chi connectivity index (χ3v) is 4.52. The Kier molecular flexibility index (Phi) is 5.21. The van der Waals surface area contributed by atoms with E-state index < -0.39 is 0 Å². The second-order valence-corrected chi connectivity index (χ2v) is 5.58. The molecule has 72 valence electrons. The molecule has 5 heteroatoms. The lowest BCUT2D eigenvalue weighted by molar-refractivity contribution is 0.175. The lowest BCUT2D eigenvalue weighted by Crippen LogP contribution is -2.46. The predicted octanol–water partition coefficient (Wildman–Crippen LogP) is -0.141. The summed E-state index contributed by atoms with van der Waals surface area (Å²) in [6.45, 7) is 1.97. The Morgan fingerprint density at radius 3 is 3.15 bits per heavy atom. The summed E-state index contributed by atoms with van der Waals surface area (Å²) in [5.74, 6) is 2.90. The maximum Gasteiger partial charge on any atom is 0.387 e. The van der Waals surface area contributed by atoms with E-state index in [1.807, 2.05) is 4.90 Å². The molecule has 1 aliphatic rings. The Morgan fingerprint density at radius 1 is 1.77 bits per heavy atom. The maximum absolute atomic E-state index is 11.5. The van der Waals surface area contributed by atoms with Crippen LogP contribution in [0.4, 0.5) is 4.79 Å². The van der Waals surface area contributed by atoms with Crippen LogP contribution >= 0.6 is 0 Å². The number of piperidine rings is 1. The van der Waals surface area contributed by atoms with Gasteiger partial charge >= 0.3 is 15.4 Å². The molecule has 0 spiro atoms. The van der Waals surface area contributed by atoms with E-state index >= 15 is 0 Å². The minimum Gasteiger partial charge on any atom is -0.432 e. The molecule has 1 fully saturated rings. The van der Waals surface area contributed by atoms with Crippen molar-refractivity contribution in [3.63, 3.8) is 0 Å². The Bertz CT molecular complexity index is 178. The Labute approximate surface area is 94.6 Å². The molecule has 1 unspecified atom stereocenters. The third kappa shape index (κ3) is 3.52. The zero-order valence-electron chi connectivity index (χ0n) is 8.68. The van der Waals surface area contributed by atoms with Crippen molar-refractivity contribution in [1.82, 2.24) is 9.20 Å². The molecule has 0 bridgehead atoms. The van der Waals surface area contributed by atoms with Crippen molar-refractivity contribution in [3.8, 4) is 0 Å². The van der Waals surface area contributed by atoms with Crippen LogP contribution in [0.1, 0.15) is 12.8 Å². The fraction of sp³-hybridized carbons (Fsp3) is 0.875. The van der Waals surface area contributed by atoms with Gasteiger partial charge in [-0.1, -0.05) is 11.1 Å². The third-order valence-electron chi connectivity index (χ3n) is 2.71. The number of urea groups is 1. The fourth-order valence-electron chi connectivity index (χ4n) is 1.85. The van der Waals surface area contributed by atoms with Crippen molar-refractivity contribution in [2.45, 2.75) is 23.9 Å². The second-order valence-electron chi connectivity index (χ2n) is 3.70. The summed E-state index contributed by atoms with van der Waals surface area (Å²) in [5, 5.41) is 1.34. The highest BCUT2D eigenvalue weighted by Crippen LogP contribution is 2.18. The van der Waals surface area contributed by atoms with Gasteiger partial charge in [-0.2, -0.15) is 0 Å². The summed E-state index contributed by atoms with van der Waals surface area (Å²) in [6, 6.07) is 0.189. The van der Waals surface area contributed by atoms with Crippen molar-refractivity contribution in [2.24, 2.45) is 5.92 Å². The van der Waals surface area contributed by atoms with E-state index in [1.165, 1.54) is 34.4 Å². The maximum atomic E-state index is 11.5. The average molecular weight is 212 g/mol. The smallest absolute Gasteiger partial charge is 0.387 e. The van der Waals surface area contributed by atoms with Gasteiger partial charge in [0.2, 0.25) is 16.3 Å². The molecule has 13 heavy (non-hydrogen) atoms. The highest BCUT2D eigenvalue weighted by molar-refractivity contribution is 6.35. The molecule has 1 atom stereocenters. The molecule has 1 heterocycles. The molecule has 0 radical (unpaired) electrons. The Balaban J connectivity index is 2.37. The van der Waals surface area contributed by atoms with Crippen LogP contribution in [0.2, 0.25) is 11.1 Å². The first-order chi connectivity index (χ1) is 6.27. The molecular weight excluding hydrogens is 194 g/mol. The quantitative estimate of drug-likeness (QED) is 0.635. The highest BCUT2D eigenvalue weighted by atomic mass is 27.1. The normalized spacial score (nSPS) is 22.5. The van der Waals surface area contributed by atoms with Crippen LogP contribution in [0.3, 0.4) is 0 Å². The molecule has 1 saturated heterocycles. The van der Waals surface area contributed by atoms with Crippen molar-refractivity contribution in [3.05, 3.63) is 0 Å². The van der Waals surface area contributed by atoms with Gasteiger partial charge in [0.25, 0.3) is 6.03 Å². The van der Waals surface area contributed by atoms with Crippen molar-refractivity contribution in [1.29, 1.82) is 0 Å². The lowest BCUT2D eigenvalue weighted by Gasteiger charge is -2.32. The highest BCUT2D eigenvalue weighted by Gasteiger charge is 2.21. The molecule has 2 amide bonds. The summed E-state index contributed by atoms with van der Waals surface area (Å²) in [7, 11) is 0. The van der Waals surface area contributed by atoms with E-state index in [0.717, 1.165) is 19.0 Å². The number of nitrogens with one attached hydrogen (secondary N) is 1. The number of nitrogens with zero attached hydrogens (tertiary/aromatic N) is 1. The van der Waals surface area contributed by atoms with Crippen LogP contribution in [0.15, 0.2) is 0 Å². The summed E-state index contributed by atoms with van der Waals surface area (Å²) < 4.78 is 3.00. The number of rotatable bonds is 2. The van der Waals surface area contributed by atoms with Gasteiger partial charge in [0.05, 0.1) is 0 Å². The number of amides is 2. The summed E-state index contributed by atoms with van der Waals surface area (Å²) in [5.41, 5.74) is 0. The second kappa shape index (κ2) is 5.94. The fourth-order valence-corrected chi connectivity index (χ4v) is 3.04. The number of carbonyl (C=O) groups excluding carboxylic acids is 1. The molecular formula is C8H18Al2N2O. The Morgan fingerprint density at radius 2 is 2.54 bits per heavy atom. The summed E-state index contributed by atoms with van der Waals surface area (Å²) >= 11 is 0.936. The van der Waals surface area contributed by atoms with E-state index in [4.69, 9.17) is 0 Å². The predicted molar refractivity (Wildman–Crippen MR) is 59.2 cm³/mol. The van der Waals surface area contributed by atoms with Gasteiger partial charge in [-0.25, -0.2) is 0 Å². The van der Waals surface area contributed by atoms with Gasteiger partial charge in [-0.15, -0.1) is 0 Å². The topological polar surface area (TPSA) is 32.3 Å². The minimum atomic E-state index is -0.334. The number of hydrogen-bond donors (Lipinski definition) is 1. The molecule has 1 rings (SSSR count). The number of carbonyl (C=O) groups is 1. The van der Waals surface area contributed by atoms with Crippen molar-refractivity contribution < 1.29 is 4.79 Å². The number of hydrogen-bond acceptors (Lipinski definition) is 1. The molecule has 0 aromatic carbocycles. The van der Waals surface area contributed by atoms with Crippen LogP contribution < -0.4 is 4.30 Å². The molecule has 0 aromatic heterocycles. The van der Waals surface area contributed by atoms with E-state index in [-0.39, 0.29) is 21.5 Å². The van der Waals surface area contributed by atoms with Crippen LogP contribution in [0, 0.1) is 5.92 Å². The monoisotopic (exact) mass is 212 g/mol.